The maximum absolute atomic E-state index is 12.4. The highest BCUT2D eigenvalue weighted by Gasteiger charge is 2.65. The fraction of sp³-hybridized carbons (Fsp3) is 0.833. The van der Waals surface area contributed by atoms with Gasteiger partial charge in [0.1, 0.15) is 5.41 Å². The number of fused-ring (bicyclic) bond motifs is 2. The molecule has 0 saturated heterocycles. The lowest BCUT2D eigenvalue weighted by molar-refractivity contribution is -0.147. The van der Waals surface area contributed by atoms with Crippen molar-refractivity contribution in [3.8, 4) is 0 Å². The van der Waals surface area contributed by atoms with Crippen LogP contribution in [0, 0.1) is 16.7 Å². The Bertz CT molecular complexity index is 349. The van der Waals surface area contributed by atoms with Gasteiger partial charge in [0.2, 0.25) is 5.91 Å². The number of carbonyl (C=O) groups excluding carboxylic acids is 2. The number of amides is 1. The summed E-state index contributed by atoms with van der Waals surface area (Å²) in [5.41, 5.74) is 1.69. The summed E-state index contributed by atoms with van der Waals surface area (Å²) in [6.45, 7) is 3.95. The summed E-state index contributed by atoms with van der Waals surface area (Å²) in [5, 5.41) is 1.61. The molecular formula is C12H20N2O2. The highest BCUT2D eigenvalue weighted by Crippen LogP contribution is 2.60. The normalized spacial score (nSPS) is 35.8. The van der Waals surface area contributed by atoms with Crippen LogP contribution >= 0.6 is 0 Å². The first kappa shape index (κ1) is 11.6. The molecule has 1 N–H and O–H groups in total. The summed E-state index contributed by atoms with van der Waals surface area (Å²) >= 11 is 0. The second-order valence-electron chi connectivity index (χ2n) is 5.91. The topological polar surface area (TPSA) is 49.4 Å². The molecule has 2 bridgehead atoms. The predicted molar refractivity (Wildman–Crippen MR) is 60.4 cm³/mol. The molecule has 0 aromatic heterocycles. The van der Waals surface area contributed by atoms with Crippen LogP contribution in [0.3, 0.4) is 0 Å². The highest BCUT2D eigenvalue weighted by molar-refractivity contribution is 6.10. The Morgan fingerprint density at radius 2 is 2.06 bits per heavy atom. The Hall–Kier alpha value is -0.900. The Balaban J connectivity index is 2.27. The molecule has 2 fully saturated rings. The maximum Gasteiger partial charge on any atom is 0.247 e. The smallest absolute Gasteiger partial charge is 0.247 e. The molecule has 2 aliphatic rings. The Kier molecular flexibility index (Phi) is 2.38. The summed E-state index contributed by atoms with van der Waals surface area (Å²) < 4.78 is 0. The molecule has 4 heteroatoms. The highest BCUT2D eigenvalue weighted by atomic mass is 16.2. The lowest BCUT2D eigenvalue weighted by atomic mass is 9.70. The predicted octanol–water partition coefficient (Wildman–Crippen LogP) is 0.975. The van der Waals surface area contributed by atoms with Crippen molar-refractivity contribution < 1.29 is 9.59 Å². The van der Waals surface area contributed by atoms with E-state index in [-0.39, 0.29) is 17.1 Å². The number of hydrogen-bond acceptors (Lipinski definition) is 3. The molecule has 0 aromatic carbocycles. The van der Waals surface area contributed by atoms with Gasteiger partial charge in [-0.1, -0.05) is 13.8 Å². The van der Waals surface area contributed by atoms with Crippen LogP contribution in [0.25, 0.3) is 0 Å². The molecule has 90 valence electrons. The van der Waals surface area contributed by atoms with Crippen LogP contribution in [0.4, 0.5) is 0 Å². The van der Waals surface area contributed by atoms with E-state index in [9.17, 15) is 9.59 Å². The van der Waals surface area contributed by atoms with Gasteiger partial charge in [-0.2, -0.15) is 0 Å². The fourth-order valence-electron chi connectivity index (χ4n) is 3.29. The number of hydrogen-bond donors (Lipinski definition) is 1. The number of carbonyl (C=O) groups is 2. The summed E-state index contributed by atoms with van der Waals surface area (Å²) in [6, 6.07) is 0. The first-order chi connectivity index (χ1) is 7.30. The molecule has 4 nitrogen and oxygen atoms in total. The Morgan fingerprint density at radius 3 is 2.50 bits per heavy atom. The molecule has 0 heterocycles. The van der Waals surface area contributed by atoms with E-state index in [2.05, 4.69) is 5.43 Å². The van der Waals surface area contributed by atoms with Gasteiger partial charge >= 0.3 is 0 Å². The van der Waals surface area contributed by atoms with E-state index in [0.717, 1.165) is 19.3 Å². The zero-order valence-corrected chi connectivity index (χ0v) is 10.5. The first-order valence-electron chi connectivity index (χ1n) is 5.84. The number of nitrogens with one attached hydrogen (secondary N) is 1. The third-order valence-corrected chi connectivity index (χ3v) is 4.31. The minimum atomic E-state index is -0.738. The van der Waals surface area contributed by atoms with Crippen molar-refractivity contribution in [2.75, 3.05) is 14.1 Å². The minimum Gasteiger partial charge on any atom is -0.298 e. The summed E-state index contributed by atoms with van der Waals surface area (Å²) in [7, 11) is 3.54. The molecule has 0 aromatic rings. The number of rotatable bonds is 2. The Labute approximate surface area is 96.3 Å². The summed E-state index contributed by atoms with van der Waals surface area (Å²) in [5.74, 6) is 0.402. The van der Waals surface area contributed by atoms with Gasteiger partial charge in [0.25, 0.3) is 0 Å². The second-order valence-corrected chi connectivity index (χ2v) is 5.91. The van der Waals surface area contributed by atoms with Crippen molar-refractivity contribution in [1.82, 2.24) is 10.4 Å². The lowest BCUT2D eigenvalue weighted by Crippen LogP contribution is -2.50. The van der Waals surface area contributed by atoms with Crippen LogP contribution in [-0.4, -0.2) is 30.8 Å². The Morgan fingerprint density at radius 1 is 1.44 bits per heavy atom. The van der Waals surface area contributed by atoms with Crippen LogP contribution in [-0.2, 0) is 9.59 Å². The van der Waals surface area contributed by atoms with Gasteiger partial charge in [-0.15, -0.1) is 0 Å². The van der Waals surface area contributed by atoms with E-state index < -0.39 is 5.41 Å². The zero-order chi connectivity index (χ0) is 12.1. The second kappa shape index (κ2) is 3.29. The molecule has 2 atom stereocenters. The van der Waals surface area contributed by atoms with Crippen LogP contribution in [0.1, 0.15) is 33.1 Å². The van der Waals surface area contributed by atoms with Crippen molar-refractivity contribution in [2.24, 2.45) is 16.7 Å². The van der Waals surface area contributed by atoms with Crippen molar-refractivity contribution in [2.45, 2.75) is 33.1 Å². The molecule has 0 radical (unpaired) electrons. The maximum atomic E-state index is 12.4. The van der Waals surface area contributed by atoms with Gasteiger partial charge in [0.15, 0.2) is 5.78 Å². The van der Waals surface area contributed by atoms with Gasteiger partial charge in [-0.05, 0) is 25.2 Å². The van der Waals surface area contributed by atoms with Crippen LogP contribution < -0.4 is 5.43 Å². The van der Waals surface area contributed by atoms with Crippen LogP contribution in [0.5, 0.6) is 0 Å². The first-order valence-corrected chi connectivity index (χ1v) is 5.84. The number of hydrazine groups is 1. The van der Waals surface area contributed by atoms with Crippen molar-refractivity contribution in [3.63, 3.8) is 0 Å². The van der Waals surface area contributed by atoms with E-state index in [1.54, 1.807) is 19.1 Å². The number of Topliss-reactive ketones (excluding diaryl/α,β-unsaturated/α-hetero) is 1. The van der Waals surface area contributed by atoms with E-state index in [1.807, 2.05) is 13.8 Å². The molecule has 0 spiro atoms. The average molecular weight is 224 g/mol. The van der Waals surface area contributed by atoms with Crippen molar-refractivity contribution >= 4 is 11.7 Å². The molecule has 16 heavy (non-hydrogen) atoms. The fourth-order valence-corrected chi connectivity index (χ4v) is 3.29. The van der Waals surface area contributed by atoms with Crippen molar-refractivity contribution in [1.29, 1.82) is 0 Å². The average Bonchev–Trinajstić information content (AvgIpc) is 2.66. The van der Waals surface area contributed by atoms with Crippen molar-refractivity contribution in [3.05, 3.63) is 0 Å². The lowest BCUT2D eigenvalue weighted by Gasteiger charge is -2.33. The molecule has 0 aliphatic heterocycles. The number of ketones is 1. The van der Waals surface area contributed by atoms with Gasteiger partial charge in [0.05, 0.1) is 0 Å². The molecule has 1 amide bonds. The van der Waals surface area contributed by atoms with Crippen LogP contribution in [0.15, 0.2) is 0 Å². The van der Waals surface area contributed by atoms with Gasteiger partial charge in [0, 0.05) is 19.5 Å². The third-order valence-electron chi connectivity index (χ3n) is 4.31. The van der Waals surface area contributed by atoms with E-state index in [0.29, 0.717) is 5.92 Å². The van der Waals surface area contributed by atoms with Gasteiger partial charge in [-0.3, -0.25) is 15.0 Å². The van der Waals surface area contributed by atoms with E-state index >= 15 is 0 Å². The largest absolute Gasteiger partial charge is 0.298 e. The monoisotopic (exact) mass is 224 g/mol. The van der Waals surface area contributed by atoms with Crippen LogP contribution in [0.2, 0.25) is 0 Å². The van der Waals surface area contributed by atoms with E-state index in [4.69, 9.17) is 0 Å². The van der Waals surface area contributed by atoms with Gasteiger partial charge < -0.3 is 0 Å². The molecule has 2 saturated carbocycles. The molecule has 2 aliphatic carbocycles. The SMILES string of the molecule is CN(C)NC(=O)C12CCC(C1)C(C)(C)C2=O. The van der Waals surface area contributed by atoms with Gasteiger partial charge in [-0.25, -0.2) is 5.01 Å². The zero-order valence-electron chi connectivity index (χ0n) is 10.5. The minimum absolute atomic E-state index is 0.115. The molecule has 2 rings (SSSR count). The summed E-state index contributed by atoms with van der Waals surface area (Å²) in [6.07, 6.45) is 2.46. The quantitative estimate of drug-likeness (QED) is 0.562. The molecule has 2 unspecified atom stereocenters. The molecular weight excluding hydrogens is 204 g/mol. The number of nitrogens with zero attached hydrogens (tertiary/aromatic N) is 1. The summed E-state index contributed by atoms with van der Waals surface area (Å²) in [4.78, 5) is 24.5. The standard InChI is InChI=1S/C12H20N2O2/c1-11(2)8-5-6-12(7-8,9(11)15)10(16)13-14(3)4/h8H,5-7H2,1-4H3,(H,13,16). The van der Waals surface area contributed by atoms with E-state index in [1.165, 1.54) is 0 Å². The third kappa shape index (κ3) is 1.32.